The minimum Gasteiger partial charge on any atom is -0.479 e. The number of carbonyl (C=O) groups is 1. The van der Waals surface area contributed by atoms with E-state index in [0.717, 1.165) is 12.8 Å². The Hall–Kier alpha value is -1.69. The lowest BCUT2D eigenvalue weighted by Gasteiger charge is -2.18. The molecule has 142 valence electrons. The van der Waals surface area contributed by atoms with Gasteiger partial charge in [0.25, 0.3) is 0 Å². The molecular weight excluding hydrogens is 320 g/mol. The van der Waals surface area contributed by atoms with Gasteiger partial charge in [0.1, 0.15) is 0 Å². The molecule has 0 spiro atoms. The Morgan fingerprint density at radius 1 is 0.920 bits per heavy atom. The molecule has 0 aliphatic heterocycles. The van der Waals surface area contributed by atoms with Crippen molar-refractivity contribution in [1.82, 2.24) is 0 Å². The highest BCUT2D eigenvalue weighted by molar-refractivity contribution is 5.71. The first kappa shape index (κ1) is 23.3. The van der Waals surface area contributed by atoms with E-state index in [-0.39, 0.29) is 19.3 Å². The summed E-state index contributed by atoms with van der Waals surface area (Å²) in [6, 6.07) is 0. The van der Waals surface area contributed by atoms with Crippen molar-refractivity contribution in [1.29, 1.82) is 0 Å². The maximum Gasteiger partial charge on any atom is 0.332 e. The number of aliphatic hydroxyl groups is 3. The molecule has 0 bridgehead atoms. The molecule has 1 atom stereocenters. The number of carboxylic acids is 1. The third-order valence-corrected chi connectivity index (χ3v) is 3.49. The Labute approximate surface area is 150 Å². The molecule has 0 aromatic rings. The number of allylic oxidation sites excluding steroid dienone is 7. The van der Waals surface area contributed by atoms with E-state index >= 15 is 0 Å². The van der Waals surface area contributed by atoms with E-state index in [4.69, 9.17) is 10.2 Å². The summed E-state index contributed by atoms with van der Waals surface area (Å²) in [5, 5.41) is 37.3. The molecule has 0 saturated carbocycles. The van der Waals surface area contributed by atoms with Crippen LogP contribution in [0.4, 0.5) is 0 Å². The summed E-state index contributed by atoms with van der Waals surface area (Å²) < 4.78 is 0. The van der Waals surface area contributed by atoms with Crippen LogP contribution in [0, 0.1) is 0 Å². The average Bonchev–Trinajstić information content (AvgIpc) is 2.56. The van der Waals surface area contributed by atoms with Gasteiger partial charge in [0.2, 0.25) is 0 Å². The summed E-state index contributed by atoms with van der Waals surface area (Å²) in [5.74, 6) is -2.88. The quantitative estimate of drug-likeness (QED) is 0.283. The van der Waals surface area contributed by atoms with Crippen molar-refractivity contribution >= 4 is 5.97 Å². The largest absolute Gasteiger partial charge is 0.479 e. The van der Waals surface area contributed by atoms with Crippen LogP contribution in [0.3, 0.4) is 0 Å². The van der Waals surface area contributed by atoms with Gasteiger partial charge < -0.3 is 20.4 Å². The Kier molecular flexibility index (Phi) is 13.6. The van der Waals surface area contributed by atoms with Crippen molar-refractivity contribution in [2.24, 2.45) is 0 Å². The van der Waals surface area contributed by atoms with Crippen LogP contribution in [-0.2, 0) is 4.79 Å². The third kappa shape index (κ3) is 15.6. The van der Waals surface area contributed by atoms with Crippen LogP contribution in [0.15, 0.2) is 48.6 Å². The molecule has 0 aliphatic rings. The van der Waals surface area contributed by atoms with E-state index in [2.05, 4.69) is 13.0 Å². The normalized spacial score (nSPS) is 14.4. The van der Waals surface area contributed by atoms with Crippen LogP contribution in [0.2, 0.25) is 0 Å². The molecular formula is C20H32O5. The lowest BCUT2D eigenvalue weighted by Crippen LogP contribution is -2.26. The number of aliphatic hydroxyl groups excluding tert-OH is 1. The van der Waals surface area contributed by atoms with Crippen molar-refractivity contribution in [3.8, 4) is 0 Å². The van der Waals surface area contributed by atoms with Gasteiger partial charge in [0.05, 0.1) is 0 Å². The summed E-state index contributed by atoms with van der Waals surface area (Å²) in [4.78, 5) is 10.4. The van der Waals surface area contributed by atoms with Crippen molar-refractivity contribution in [2.45, 2.75) is 70.2 Å². The van der Waals surface area contributed by atoms with Gasteiger partial charge >= 0.3 is 5.97 Å². The van der Waals surface area contributed by atoms with E-state index in [1.54, 1.807) is 6.08 Å². The lowest BCUT2D eigenvalue weighted by molar-refractivity contribution is -0.161. The van der Waals surface area contributed by atoms with Crippen LogP contribution < -0.4 is 0 Å². The van der Waals surface area contributed by atoms with Gasteiger partial charge in [-0.3, -0.25) is 0 Å². The number of aliphatic carboxylic acids is 1. The SMILES string of the molecule is CC/C=C/C/C=C/CC(O)(O)CC/C=C/C/C=C/CCC(O)C(=O)O. The summed E-state index contributed by atoms with van der Waals surface area (Å²) in [7, 11) is 0. The monoisotopic (exact) mass is 352 g/mol. The van der Waals surface area contributed by atoms with Gasteiger partial charge in [-0.05, 0) is 38.5 Å². The molecule has 0 rings (SSSR count). The van der Waals surface area contributed by atoms with E-state index in [1.807, 2.05) is 36.5 Å². The zero-order chi connectivity index (χ0) is 19.0. The van der Waals surface area contributed by atoms with Crippen LogP contribution in [0.5, 0.6) is 0 Å². The summed E-state index contributed by atoms with van der Waals surface area (Å²) >= 11 is 0. The molecule has 25 heavy (non-hydrogen) atoms. The minimum absolute atomic E-state index is 0.203. The summed E-state index contributed by atoms with van der Waals surface area (Å²) in [6.07, 6.45) is 18.3. The Morgan fingerprint density at radius 2 is 1.48 bits per heavy atom. The maximum atomic E-state index is 10.4. The smallest absolute Gasteiger partial charge is 0.332 e. The molecule has 0 fully saturated rings. The lowest BCUT2D eigenvalue weighted by atomic mass is 10.1. The molecule has 0 aromatic heterocycles. The molecule has 0 amide bonds. The fourth-order valence-corrected chi connectivity index (χ4v) is 2.01. The fourth-order valence-electron chi connectivity index (χ4n) is 2.01. The van der Waals surface area contributed by atoms with E-state index in [9.17, 15) is 15.0 Å². The predicted octanol–water partition coefficient (Wildman–Crippen LogP) is 3.48. The fraction of sp³-hybridized carbons (Fsp3) is 0.550. The topological polar surface area (TPSA) is 98.0 Å². The average molecular weight is 352 g/mol. The van der Waals surface area contributed by atoms with Gasteiger partial charge in [0.15, 0.2) is 11.9 Å². The predicted molar refractivity (Wildman–Crippen MR) is 100.0 cm³/mol. The zero-order valence-corrected chi connectivity index (χ0v) is 15.1. The molecule has 0 aliphatic carbocycles. The van der Waals surface area contributed by atoms with Gasteiger partial charge in [-0.15, -0.1) is 0 Å². The molecule has 0 saturated heterocycles. The minimum atomic E-state index is -1.68. The second kappa shape index (κ2) is 14.6. The molecule has 4 N–H and O–H groups in total. The molecule has 0 aromatic carbocycles. The molecule has 0 heterocycles. The highest BCUT2D eigenvalue weighted by Crippen LogP contribution is 2.15. The molecule has 5 heteroatoms. The van der Waals surface area contributed by atoms with Crippen LogP contribution in [0.1, 0.15) is 58.3 Å². The number of rotatable bonds is 14. The van der Waals surface area contributed by atoms with Gasteiger partial charge in [0, 0.05) is 12.8 Å². The highest BCUT2D eigenvalue weighted by Gasteiger charge is 2.19. The van der Waals surface area contributed by atoms with Crippen LogP contribution >= 0.6 is 0 Å². The molecule has 5 nitrogen and oxygen atoms in total. The van der Waals surface area contributed by atoms with Gasteiger partial charge in [-0.1, -0.05) is 55.5 Å². The standard InChI is InChI=1S/C20H32O5/c1-2-3-4-5-10-13-16-20(24,25)17-14-11-8-6-7-9-12-15-18(21)19(22)23/h3-4,7-11,13,18,21,24-25H,2,5-6,12,14-17H2,1H3,(H,22,23)/b4-3+,9-7+,11-8+,13-10+. The molecule has 1 unspecified atom stereocenters. The van der Waals surface area contributed by atoms with Crippen LogP contribution in [0.25, 0.3) is 0 Å². The Bertz CT molecular complexity index is 461. The first-order chi connectivity index (χ1) is 11.9. The zero-order valence-electron chi connectivity index (χ0n) is 15.1. The van der Waals surface area contributed by atoms with Crippen molar-refractivity contribution in [2.75, 3.05) is 0 Å². The second-order valence-electron chi connectivity index (χ2n) is 5.92. The summed E-state index contributed by atoms with van der Waals surface area (Å²) in [6.45, 7) is 2.07. The number of carboxylic acid groups (broad SMARTS) is 1. The maximum absolute atomic E-state index is 10.4. The molecule has 0 radical (unpaired) electrons. The number of hydrogen-bond acceptors (Lipinski definition) is 4. The Balaban J connectivity index is 3.80. The van der Waals surface area contributed by atoms with Gasteiger partial charge in [-0.25, -0.2) is 4.79 Å². The van der Waals surface area contributed by atoms with Crippen molar-refractivity contribution in [3.05, 3.63) is 48.6 Å². The number of hydrogen-bond donors (Lipinski definition) is 4. The van der Waals surface area contributed by atoms with Crippen molar-refractivity contribution in [3.63, 3.8) is 0 Å². The first-order valence-corrected chi connectivity index (χ1v) is 8.84. The first-order valence-electron chi connectivity index (χ1n) is 8.84. The van der Waals surface area contributed by atoms with E-state index in [1.165, 1.54) is 0 Å². The van der Waals surface area contributed by atoms with Gasteiger partial charge in [-0.2, -0.15) is 0 Å². The Morgan fingerprint density at radius 3 is 2.08 bits per heavy atom. The van der Waals surface area contributed by atoms with E-state index < -0.39 is 17.9 Å². The van der Waals surface area contributed by atoms with E-state index in [0.29, 0.717) is 19.3 Å². The van der Waals surface area contributed by atoms with Crippen molar-refractivity contribution < 1.29 is 25.2 Å². The second-order valence-corrected chi connectivity index (χ2v) is 5.92. The van der Waals surface area contributed by atoms with Crippen LogP contribution in [-0.4, -0.2) is 38.3 Å². The highest BCUT2D eigenvalue weighted by atomic mass is 16.5. The summed E-state index contributed by atoms with van der Waals surface area (Å²) in [5.41, 5.74) is 0. The third-order valence-electron chi connectivity index (χ3n) is 3.49.